The first-order chi connectivity index (χ1) is 11.6. The van der Waals surface area contributed by atoms with Crippen molar-refractivity contribution in [2.24, 2.45) is 10.1 Å². The predicted octanol–water partition coefficient (Wildman–Crippen LogP) is 3.85. The van der Waals surface area contributed by atoms with Gasteiger partial charge in [0.1, 0.15) is 0 Å². The molecule has 1 heterocycles. The monoisotopic (exact) mass is 337 g/mol. The second kappa shape index (κ2) is 7.45. The van der Waals surface area contributed by atoms with E-state index in [-0.39, 0.29) is 5.91 Å². The number of carbonyl (C=O) groups excluding carboxylic acids is 1. The summed E-state index contributed by atoms with van der Waals surface area (Å²) in [5, 5.41) is 5.15. The van der Waals surface area contributed by atoms with E-state index >= 15 is 0 Å². The van der Waals surface area contributed by atoms with Gasteiger partial charge in [-0.1, -0.05) is 48.0 Å². The second-order valence-corrected chi connectivity index (χ2v) is 6.75. The average molecular weight is 337 g/mol. The lowest BCUT2D eigenvalue weighted by molar-refractivity contribution is -0.118. The Morgan fingerprint density at radius 1 is 1.21 bits per heavy atom. The quantitative estimate of drug-likeness (QED) is 0.680. The highest BCUT2D eigenvalue weighted by Crippen LogP contribution is 2.29. The van der Waals surface area contributed by atoms with Gasteiger partial charge in [-0.25, -0.2) is 10.4 Å². The molecule has 0 radical (unpaired) electrons. The van der Waals surface area contributed by atoms with E-state index in [2.05, 4.69) is 21.6 Å². The van der Waals surface area contributed by atoms with Crippen molar-refractivity contribution in [2.45, 2.75) is 20.3 Å². The number of benzene rings is 2. The molecule has 2 aromatic carbocycles. The highest BCUT2D eigenvalue weighted by atomic mass is 32.2. The van der Waals surface area contributed by atoms with Crippen LogP contribution in [0.15, 0.2) is 58.6 Å². The molecule has 2 aromatic rings. The average Bonchev–Trinajstić information content (AvgIpc) is 3.01. The number of hydrazone groups is 1. The Hall–Kier alpha value is -2.40. The van der Waals surface area contributed by atoms with Gasteiger partial charge in [-0.05, 0) is 31.0 Å². The molecule has 0 fully saturated rings. The van der Waals surface area contributed by atoms with Gasteiger partial charge in [0, 0.05) is 6.42 Å². The molecule has 1 aliphatic rings. The first-order valence-corrected chi connectivity index (χ1v) is 8.79. The number of carbonyl (C=O) groups is 1. The molecule has 0 atom stereocenters. The maximum atomic E-state index is 12.0. The van der Waals surface area contributed by atoms with Crippen LogP contribution in [0.2, 0.25) is 0 Å². The minimum Gasteiger partial charge on any atom is -0.272 e. The number of para-hydroxylation sites is 1. The van der Waals surface area contributed by atoms with E-state index < -0.39 is 0 Å². The van der Waals surface area contributed by atoms with Crippen LogP contribution in [0.1, 0.15) is 23.6 Å². The van der Waals surface area contributed by atoms with Crippen LogP contribution >= 0.6 is 11.8 Å². The Balaban J connectivity index is 1.50. The SMILES string of the molecule is C/C(=N\NC(=O)CSC1=Nc2ccccc2C1)c1ccc(C)cc1. The first-order valence-electron chi connectivity index (χ1n) is 7.80. The molecule has 0 saturated carbocycles. The van der Waals surface area contributed by atoms with Crippen LogP contribution in [0.4, 0.5) is 5.69 Å². The molecule has 0 aliphatic carbocycles. The maximum absolute atomic E-state index is 12.0. The zero-order chi connectivity index (χ0) is 16.9. The lowest BCUT2D eigenvalue weighted by atomic mass is 10.1. The molecule has 1 amide bonds. The summed E-state index contributed by atoms with van der Waals surface area (Å²) in [6.07, 6.45) is 0.805. The number of amides is 1. The maximum Gasteiger partial charge on any atom is 0.250 e. The van der Waals surface area contributed by atoms with Crippen molar-refractivity contribution >= 4 is 34.1 Å². The van der Waals surface area contributed by atoms with E-state index in [9.17, 15) is 4.79 Å². The van der Waals surface area contributed by atoms with E-state index in [4.69, 9.17) is 0 Å². The molecule has 5 heteroatoms. The number of fused-ring (bicyclic) bond motifs is 1. The van der Waals surface area contributed by atoms with E-state index in [0.29, 0.717) is 5.75 Å². The Kier molecular flexibility index (Phi) is 5.11. The normalized spacial score (nSPS) is 13.4. The highest BCUT2D eigenvalue weighted by molar-refractivity contribution is 8.14. The Bertz CT molecular complexity index is 810. The van der Waals surface area contributed by atoms with Crippen molar-refractivity contribution in [3.63, 3.8) is 0 Å². The van der Waals surface area contributed by atoms with Gasteiger partial charge in [0.2, 0.25) is 5.91 Å². The molecule has 0 unspecified atom stereocenters. The lowest BCUT2D eigenvalue weighted by Crippen LogP contribution is -2.22. The number of rotatable bonds is 4. The molecular weight excluding hydrogens is 318 g/mol. The zero-order valence-corrected chi connectivity index (χ0v) is 14.6. The molecule has 0 saturated heterocycles. The van der Waals surface area contributed by atoms with Crippen LogP contribution in [-0.4, -0.2) is 22.4 Å². The van der Waals surface area contributed by atoms with Crippen molar-refractivity contribution in [1.82, 2.24) is 5.43 Å². The number of aliphatic imine (C=N–C) groups is 1. The number of thioether (sulfide) groups is 1. The van der Waals surface area contributed by atoms with E-state index in [0.717, 1.165) is 28.4 Å². The topological polar surface area (TPSA) is 53.8 Å². The molecular formula is C19H19N3OS. The number of hydrogen-bond acceptors (Lipinski definition) is 4. The second-order valence-electron chi connectivity index (χ2n) is 5.70. The number of nitrogens with zero attached hydrogens (tertiary/aromatic N) is 2. The predicted molar refractivity (Wildman–Crippen MR) is 101 cm³/mol. The lowest BCUT2D eigenvalue weighted by Gasteiger charge is -2.03. The van der Waals surface area contributed by atoms with Crippen molar-refractivity contribution in [2.75, 3.05) is 5.75 Å². The summed E-state index contributed by atoms with van der Waals surface area (Å²) in [5.41, 5.74) is 7.83. The summed E-state index contributed by atoms with van der Waals surface area (Å²) in [6.45, 7) is 3.93. The molecule has 0 spiro atoms. The van der Waals surface area contributed by atoms with Crippen LogP contribution in [0.3, 0.4) is 0 Å². The standard InChI is InChI=1S/C19H19N3OS/c1-13-7-9-15(10-8-13)14(2)21-22-18(23)12-24-19-11-16-5-3-4-6-17(16)20-19/h3-10H,11-12H2,1-2H3,(H,22,23)/b21-14+. The Labute approximate surface area is 146 Å². The largest absolute Gasteiger partial charge is 0.272 e. The van der Waals surface area contributed by atoms with Crippen molar-refractivity contribution in [3.8, 4) is 0 Å². The van der Waals surface area contributed by atoms with Crippen LogP contribution in [-0.2, 0) is 11.2 Å². The van der Waals surface area contributed by atoms with Gasteiger partial charge in [0.15, 0.2) is 0 Å². The Morgan fingerprint density at radius 3 is 2.71 bits per heavy atom. The van der Waals surface area contributed by atoms with Crippen LogP contribution in [0.25, 0.3) is 0 Å². The molecule has 3 rings (SSSR count). The molecule has 122 valence electrons. The highest BCUT2D eigenvalue weighted by Gasteiger charge is 2.15. The molecule has 4 nitrogen and oxygen atoms in total. The van der Waals surface area contributed by atoms with E-state index in [1.54, 1.807) is 0 Å². The third-order valence-corrected chi connectivity index (χ3v) is 4.74. The van der Waals surface area contributed by atoms with Gasteiger partial charge in [0.25, 0.3) is 0 Å². The molecule has 0 aromatic heterocycles. The van der Waals surface area contributed by atoms with E-state index in [1.807, 2.05) is 56.3 Å². The summed E-state index contributed by atoms with van der Waals surface area (Å²) in [5.74, 6) is 0.197. The smallest absolute Gasteiger partial charge is 0.250 e. The van der Waals surface area contributed by atoms with Crippen molar-refractivity contribution in [1.29, 1.82) is 0 Å². The summed E-state index contributed by atoms with van der Waals surface area (Å²) in [7, 11) is 0. The fourth-order valence-corrected chi connectivity index (χ4v) is 3.16. The van der Waals surface area contributed by atoms with Gasteiger partial charge in [-0.3, -0.25) is 4.79 Å². The number of aryl methyl sites for hydroxylation is 1. The van der Waals surface area contributed by atoms with Gasteiger partial charge < -0.3 is 0 Å². The van der Waals surface area contributed by atoms with Crippen LogP contribution in [0, 0.1) is 6.92 Å². The van der Waals surface area contributed by atoms with Gasteiger partial charge in [0.05, 0.1) is 22.2 Å². The minimum atomic E-state index is -0.120. The Morgan fingerprint density at radius 2 is 1.96 bits per heavy atom. The molecule has 1 N–H and O–H groups in total. The molecule has 24 heavy (non-hydrogen) atoms. The third kappa shape index (κ3) is 4.11. The van der Waals surface area contributed by atoms with E-state index in [1.165, 1.54) is 22.9 Å². The summed E-state index contributed by atoms with van der Waals surface area (Å²) < 4.78 is 0. The molecule has 0 bridgehead atoms. The fraction of sp³-hybridized carbons (Fsp3) is 0.211. The summed E-state index contributed by atoms with van der Waals surface area (Å²) in [6, 6.07) is 16.1. The zero-order valence-electron chi connectivity index (χ0n) is 13.7. The third-order valence-electron chi connectivity index (χ3n) is 3.77. The number of hydrogen-bond donors (Lipinski definition) is 1. The fourth-order valence-electron chi connectivity index (χ4n) is 2.38. The van der Waals surface area contributed by atoms with Gasteiger partial charge >= 0.3 is 0 Å². The molecule has 1 aliphatic heterocycles. The van der Waals surface area contributed by atoms with Crippen molar-refractivity contribution in [3.05, 3.63) is 65.2 Å². The summed E-state index contributed by atoms with van der Waals surface area (Å²) in [4.78, 5) is 16.5. The number of nitrogens with one attached hydrogen (secondary N) is 1. The van der Waals surface area contributed by atoms with Crippen LogP contribution in [0.5, 0.6) is 0 Å². The minimum absolute atomic E-state index is 0.120. The van der Waals surface area contributed by atoms with Crippen molar-refractivity contribution < 1.29 is 4.79 Å². The summed E-state index contributed by atoms with van der Waals surface area (Å²) >= 11 is 1.47. The van der Waals surface area contributed by atoms with Crippen LogP contribution < -0.4 is 5.43 Å². The van der Waals surface area contributed by atoms with Gasteiger partial charge in [-0.15, -0.1) is 11.8 Å². The van der Waals surface area contributed by atoms with Gasteiger partial charge in [-0.2, -0.15) is 5.10 Å². The first kappa shape index (κ1) is 16.5.